The molecule has 3 nitrogen and oxygen atoms in total. The second kappa shape index (κ2) is 2.61. The lowest BCUT2D eigenvalue weighted by molar-refractivity contribution is 0.551. The number of pyridine rings is 1. The first-order chi connectivity index (χ1) is 5.66. The van der Waals surface area contributed by atoms with Gasteiger partial charge in [-0.15, -0.1) is 0 Å². The monoisotopic (exact) mass is 202 g/mol. The van der Waals surface area contributed by atoms with E-state index in [4.69, 9.17) is 27.6 Å². The van der Waals surface area contributed by atoms with Gasteiger partial charge in [0, 0.05) is 6.92 Å². The van der Waals surface area contributed by atoms with E-state index in [1.807, 2.05) is 0 Å². The quantitative estimate of drug-likeness (QED) is 0.618. The second-order valence-corrected chi connectivity index (χ2v) is 3.11. The van der Waals surface area contributed by atoms with E-state index in [-0.39, 0.29) is 0 Å². The number of rotatable bonds is 0. The van der Waals surface area contributed by atoms with E-state index in [1.165, 1.54) is 6.07 Å². The van der Waals surface area contributed by atoms with E-state index in [9.17, 15) is 0 Å². The number of fused-ring (bicyclic) bond motifs is 1. The van der Waals surface area contributed by atoms with Gasteiger partial charge in [-0.05, 0) is 6.07 Å². The van der Waals surface area contributed by atoms with Crippen LogP contribution in [-0.2, 0) is 0 Å². The Bertz CT molecular complexity index is 438. The molecular formula is C7H4Cl2N2O. The van der Waals surface area contributed by atoms with Crippen molar-refractivity contribution in [3.8, 4) is 0 Å². The van der Waals surface area contributed by atoms with Crippen LogP contribution in [0.5, 0.6) is 0 Å². The SMILES string of the molecule is Cc1nc2c(Cl)cc(Cl)nc2o1. The largest absolute Gasteiger partial charge is 0.422 e. The van der Waals surface area contributed by atoms with Gasteiger partial charge in [0.25, 0.3) is 0 Å². The van der Waals surface area contributed by atoms with E-state index in [0.29, 0.717) is 27.3 Å². The van der Waals surface area contributed by atoms with Crippen LogP contribution in [-0.4, -0.2) is 9.97 Å². The third kappa shape index (κ3) is 1.15. The molecular weight excluding hydrogens is 199 g/mol. The molecule has 62 valence electrons. The second-order valence-electron chi connectivity index (χ2n) is 2.31. The molecule has 0 atom stereocenters. The Balaban J connectivity index is 2.88. The van der Waals surface area contributed by atoms with Gasteiger partial charge < -0.3 is 4.42 Å². The minimum atomic E-state index is 0.309. The molecule has 2 heterocycles. The number of hydrogen-bond acceptors (Lipinski definition) is 3. The molecule has 0 aromatic carbocycles. The van der Waals surface area contributed by atoms with Gasteiger partial charge >= 0.3 is 0 Å². The Morgan fingerprint density at radius 3 is 2.83 bits per heavy atom. The summed E-state index contributed by atoms with van der Waals surface area (Å²) in [5.74, 6) is 0.529. The van der Waals surface area contributed by atoms with Crippen molar-refractivity contribution < 1.29 is 4.42 Å². The minimum absolute atomic E-state index is 0.309. The van der Waals surface area contributed by atoms with Gasteiger partial charge in [-0.2, -0.15) is 4.98 Å². The standard InChI is InChI=1S/C7H4Cl2N2O/c1-3-10-6-4(8)2-5(9)11-7(6)12-3/h2H,1H3. The van der Waals surface area contributed by atoms with Gasteiger partial charge in [0.2, 0.25) is 5.71 Å². The molecule has 2 aromatic heterocycles. The molecule has 2 rings (SSSR count). The van der Waals surface area contributed by atoms with E-state index in [0.717, 1.165) is 0 Å². The average molecular weight is 203 g/mol. The molecule has 0 spiro atoms. The fourth-order valence-electron chi connectivity index (χ4n) is 0.950. The van der Waals surface area contributed by atoms with E-state index in [1.54, 1.807) is 6.92 Å². The van der Waals surface area contributed by atoms with Crippen molar-refractivity contribution in [2.24, 2.45) is 0 Å². The van der Waals surface area contributed by atoms with Crippen molar-refractivity contribution in [3.05, 3.63) is 22.1 Å². The fraction of sp³-hybridized carbons (Fsp3) is 0.143. The highest BCUT2D eigenvalue weighted by Gasteiger charge is 2.08. The maximum atomic E-state index is 5.83. The zero-order valence-electron chi connectivity index (χ0n) is 6.14. The normalized spacial score (nSPS) is 10.9. The average Bonchev–Trinajstić information content (AvgIpc) is 2.29. The molecule has 0 radical (unpaired) electrons. The first-order valence-electron chi connectivity index (χ1n) is 3.26. The highest BCUT2D eigenvalue weighted by molar-refractivity contribution is 6.37. The van der Waals surface area contributed by atoms with Crippen molar-refractivity contribution in [1.29, 1.82) is 0 Å². The summed E-state index contributed by atoms with van der Waals surface area (Å²) in [5.41, 5.74) is 0.934. The zero-order chi connectivity index (χ0) is 8.72. The molecule has 0 aliphatic heterocycles. The summed E-state index contributed by atoms with van der Waals surface area (Å²) >= 11 is 11.5. The number of oxazole rings is 1. The third-order valence-corrected chi connectivity index (χ3v) is 1.88. The van der Waals surface area contributed by atoms with Crippen molar-refractivity contribution >= 4 is 34.4 Å². The van der Waals surface area contributed by atoms with Gasteiger partial charge in [-0.25, -0.2) is 4.98 Å². The third-order valence-electron chi connectivity index (χ3n) is 1.40. The van der Waals surface area contributed by atoms with Crippen molar-refractivity contribution in [3.63, 3.8) is 0 Å². The lowest BCUT2D eigenvalue weighted by Crippen LogP contribution is -1.77. The van der Waals surface area contributed by atoms with E-state index >= 15 is 0 Å². The van der Waals surface area contributed by atoms with Crippen LogP contribution < -0.4 is 0 Å². The van der Waals surface area contributed by atoms with Crippen molar-refractivity contribution in [2.75, 3.05) is 0 Å². The number of nitrogens with zero attached hydrogens (tertiary/aromatic N) is 2. The molecule has 0 unspecified atom stereocenters. The summed E-state index contributed by atoms with van der Waals surface area (Å²) in [6.07, 6.45) is 0. The van der Waals surface area contributed by atoms with Crippen LogP contribution in [0.2, 0.25) is 10.2 Å². The maximum absolute atomic E-state index is 5.83. The Hall–Kier alpha value is -0.800. The topological polar surface area (TPSA) is 38.9 Å². The van der Waals surface area contributed by atoms with Crippen LogP contribution in [0.15, 0.2) is 10.5 Å². The first-order valence-corrected chi connectivity index (χ1v) is 4.01. The maximum Gasteiger partial charge on any atom is 0.249 e. The van der Waals surface area contributed by atoms with Gasteiger partial charge in [-0.3, -0.25) is 0 Å². The van der Waals surface area contributed by atoms with Crippen molar-refractivity contribution in [2.45, 2.75) is 6.92 Å². The summed E-state index contributed by atoms with van der Waals surface area (Å²) in [5, 5.41) is 0.769. The fourth-order valence-corrected chi connectivity index (χ4v) is 1.42. The highest BCUT2D eigenvalue weighted by atomic mass is 35.5. The predicted octanol–water partition coefficient (Wildman–Crippen LogP) is 2.84. The molecule has 5 heteroatoms. The van der Waals surface area contributed by atoms with Gasteiger partial charge in [-0.1, -0.05) is 23.2 Å². The smallest absolute Gasteiger partial charge is 0.249 e. The molecule has 0 bridgehead atoms. The molecule has 0 saturated heterocycles. The van der Waals surface area contributed by atoms with Crippen molar-refractivity contribution in [1.82, 2.24) is 9.97 Å². The Morgan fingerprint density at radius 2 is 2.08 bits per heavy atom. The molecule has 0 aliphatic rings. The lowest BCUT2D eigenvalue weighted by atomic mass is 10.4. The minimum Gasteiger partial charge on any atom is -0.422 e. The lowest BCUT2D eigenvalue weighted by Gasteiger charge is -1.90. The molecule has 0 amide bonds. The van der Waals surface area contributed by atoms with Crippen LogP contribution in [0.1, 0.15) is 5.89 Å². The number of aromatic nitrogens is 2. The summed E-state index contributed by atoms with van der Waals surface area (Å²) in [6.45, 7) is 1.73. The van der Waals surface area contributed by atoms with E-state index in [2.05, 4.69) is 9.97 Å². The van der Waals surface area contributed by atoms with Crippen LogP contribution in [0.25, 0.3) is 11.2 Å². The van der Waals surface area contributed by atoms with Gasteiger partial charge in [0.15, 0.2) is 5.89 Å². The molecule has 0 fully saturated rings. The summed E-state index contributed by atoms with van der Waals surface area (Å²) in [4.78, 5) is 7.94. The van der Waals surface area contributed by atoms with Crippen LogP contribution in [0.3, 0.4) is 0 Å². The Labute approximate surface area is 78.3 Å². The Kier molecular flexibility index (Phi) is 1.70. The van der Waals surface area contributed by atoms with E-state index < -0.39 is 0 Å². The molecule has 0 aliphatic carbocycles. The predicted molar refractivity (Wildman–Crippen MR) is 46.6 cm³/mol. The Morgan fingerprint density at radius 1 is 1.33 bits per heavy atom. The van der Waals surface area contributed by atoms with Crippen LogP contribution in [0, 0.1) is 6.92 Å². The molecule has 2 aromatic rings. The van der Waals surface area contributed by atoms with Crippen LogP contribution >= 0.6 is 23.2 Å². The summed E-state index contributed by atoms with van der Waals surface area (Å²) in [6, 6.07) is 1.54. The summed E-state index contributed by atoms with van der Waals surface area (Å²) < 4.78 is 5.14. The molecule has 12 heavy (non-hydrogen) atoms. The highest BCUT2D eigenvalue weighted by Crippen LogP contribution is 2.24. The van der Waals surface area contributed by atoms with Gasteiger partial charge in [0.1, 0.15) is 10.7 Å². The van der Waals surface area contributed by atoms with Gasteiger partial charge in [0.05, 0.1) is 5.02 Å². The molecule has 0 saturated carbocycles. The molecule has 0 N–H and O–H groups in total. The number of aryl methyl sites for hydroxylation is 1. The zero-order valence-corrected chi connectivity index (χ0v) is 7.65. The first kappa shape index (κ1) is 7.83. The number of halogens is 2. The van der Waals surface area contributed by atoms with Crippen LogP contribution in [0.4, 0.5) is 0 Å². The summed E-state index contributed by atoms with van der Waals surface area (Å²) in [7, 11) is 0. The number of hydrogen-bond donors (Lipinski definition) is 0.